The molecule has 3 aromatic rings. The van der Waals surface area contributed by atoms with Gasteiger partial charge in [-0.1, -0.05) is 49.2 Å². The van der Waals surface area contributed by atoms with Crippen LogP contribution < -0.4 is 15.5 Å². The van der Waals surface area contributed by atoms with Crippen LogP contribution in [0.2, 0.25) is 0 Å². The van der Waals surface area contributed by atoms with Crippen molar-refractivity contribution >= 4 is 34.7 Å². The molecule has 2 aromatic carbocycles. The minimum Gasteiger partial charge on any atom is -0.351 e. The van der Waals surface area contributed by atoms with E-state index in [1.807, 2.05) is 0 Å². The van der Waals surface area contributed by atoms with Gasteiger partial charge in [0, 0.05) is 11.6 Å². The molecule has 1 fully saturated rings. The van der Waals surface area contributed by atoms with Gasteiger partial charge in [-0.3, -0.25) is 19.3 Å². The lowest BCUT2D eigenvalue weighted by atomic mass is 10.0. The molecule has 0 radical (unpaired) electrons. The summed E-state index contributed by atoms with van der Waals surface area (Å²) in [7, 11) is 0. The van der Waals surface area contributed by atoms with Gasteiger partial charge < -0.3 is 10.6 Å². The zero-order valence-electron chi connectivity index (χ0n) is 18.9. The second-order valence-corrected chi connectivity index (χ2v) is 9.24. The van der Waals surface area contributed by atoms with Gasteiger partial charge in [0.1, 0.15) is 17.7 Å². The number of benzene rings is 2. The summed E-state index contributed by atoms with van der Waals surface area (Å²) in [6.07, 6.45) is 3.47. The van der Waals surface area contributed by atoms with Crippen LogP contribution in [0, 0.1) is 11.6 Å². The molecule has 2 N–H and O–H groups in total. The van der Waals surface area contributed by atoms with E-state index in [2.05, 4.69) is 10.6 Å². The Morgan fingerprint density at radius 3 is 2.29 bits per heavy atom. The Labute approximate surface area is 206 Å². The third kappa shape index (κ3) is 5.74. The Kier molecular flexibility index (Phi) is 7.87. The normalized spacial score (nSPS) is 14.3. The van der Waals surface area contributed by atoms with Crippen LogP contribution in [0.4, 0.5) is 14.5 Å². The highest BCUT2D eigenvalue weighted by Crippen LogP contribution is 2.32. The second-order valence-electron chi connectivity index (χ2n) is 8.29. The summed E-state index contributed by atoms with van der Waals surface area (Å²) in [6, 6.07) is 12.8. The summed E-state index contributed by atoms with van der Waals surface area (Å²) in [5.74, 6) is -3.28. The molecular weight excluding hydrogens is 472 g/mol. The molecule has 6 nitrogen and oxygen atoms in total. The van der Waals surface area contributed by atoms with Crippen molar-refractivity contribution in [2.45, 2.75) is 37.8 Å². The smallest absolute Gasteiger partial charge is 0.261 e. The number of hydrogen-bond donors (Lipinski definition) is 2. The number of nitrogens with zero attached hydrogens (tertiary/aromatic N) is 1. The van der Waals surface area contributed by atoms with Crippen LogP contribution in [0.5, 0.6) is 0 Å². The minimum atomic E-state index is -1.47. The number of hydrogen-bond acceptors (Lipinski definition) is 4. The minimum absolute atomic E-state index is 0.0656. The van der Waals surface area contributed by atoms with Gasteiger partial charge in [-0.05, 0) is 42.5 Å². The molecule has 1 aromatic heterocycles. The van der Waals surface area contributed by atoms with Crippen molar-refractivity contribution in [3.05, 3.63) is 88.1 Å². The molecule has 0 aliphatic heterocycles. The van der Waals surface area contributed by atoms with E-state index in [1.165, 1.54) is 47.7 Å². The fourth-order valence-corrected chi connectivity index (χ4v) is 4.89. The van der Waals surface area contributed by atoms with Crippen molar-refractivity contribution in [1.29, 1.82) is 0 Å². The monoisotopic (exact) mass is 497 g/mol. The standard InChI is InChI=1S/C26H25F2N3O3S/c27-19-11-4-3-10-18(19)24(26(34)30-17-8-1-2-9-17)31(21-13-6-5-12-20(21)28)23(32)16-29-25(33)22-14-7-15-35-22/h3-7,10-15,17,24H,1-2,8-9,16H2,(H,29,33)(H,30,34)/t24-/m1/s1. The molecule has 182 valence electrons. The molecule has 0 saturated heterocycles. The lowest BCUT2D eigenvalue weighted by molar-refractivity contribution is -0.126. The third-order valence-corrected chi connectivity index (χ3v) is 6.80. The number of para-hydroxylation sites is 1. The SMILES string of the molecule is O=C(NCC(=O)N(c1ccccc1F)[C@@H](C(=O)NC1CCCC1)c1ccccc1F)c1cccs1. The van der Waals surface area contributed by atoms with E-state index in [9.17, 15) is 23.2 Å². The Morgan fingerprint density at radius 1 is 0.943 bits per heavy atom. The summed E-state index contributed by atoms with van der Waals surface area (Å²) in [5.41, 5.74) is -0.248. The van der Waals surface area contributed by atoms with Gasteiger partial charge in [-0.15, -0.1) is 11.3 Å². The number of thiophene rings is 1. The molecule has 0 unspecified atom stereocenters. The predicted molar refractivity (Wildman–Crippen MR) is 130 cm³/mol. The number of amides is 3. The molecule has 1 heterocycles. The highest BCUT2D eigenvalue weighted by Gasteiger charge is 2.37. The van der Waals surface area contributed by atoms with Crippen LogP contribution in [-0.2, 0) is 9.59 Å². The Bertz CT molecular complexity index is 1200. The first-order valence-corrected chi connectivity index (χ1v) is 12.3. The van der Waals surface area contributed by atoms with Crippen LogP contribution in [0.3, 0.4) is 0 Å². The number of nitrogens with one attached hydrogen (secondary N) is 2. The van der Waals surface area contributed by atoms with Crippen molar-refractivity contribution < 1.29 is 23.2 Å². The highest BCUT2D eigenvalue weighted by molar-refractivity contribution is 7.12. The first-order valence-electron chi connectivity index (χ1n) is 11.4. The molecule has 35 heavy (non-hydrogen) atoms. The van der Waals surface area contributed by atoms with E-state index < -0.39 is 41.9 Å². The van der Waals surface area contributed by atoms with E-state index in [1.54, 1.807) is 23.6 Å². The van der Waals surface area contributed by atoms with Gasteiger partial charge in [-0.25, -0.2) is 8.78 Å². The molecule has 0 spiro atoms. The third-order valence-electron chi connectivity index (χ3n) is 5.93. The molecular formula is C26H25F2N3O3S. The zero-order valence-corrected chi connectivity index (χ0v) is 19.7. The van der Waals surface area contributed by atoms with Gasteiger partial charge in [0.25, 0.3) is 5.91 Å². The molecule has 0 bridgehead atoms. The molecule has 9 heteroatoms. The second kappa shape index (κ2) is 11.2. The van der Waals surface area contributed by atoms with Gasteiger partial charge in [0.2, 0.25) is 11.8 Å². The fourth-order valence-electron chi connectivity index (χ4n) is 4.25. The average molecular weight is 498 g/mol. The quantitative estimate of drug-likeness (QED) is 0.478. The van der Waals surface area contributed by atoms with Crippen LogP contribution in [0.1, 0.15) is 47.0 Å². The van der Waals surface area contributed by atoms with Crippen LogP contribution in [-0.4, -0.2) is 30.3 Å². The largest absolute Gasteiger partial charge is 0.351 e. The number of carbonyl (C=O) groups is 3. The maximum Gasteiger partial charge on any atom is 0.261 e. The van der Waals surface area contributed by atoms with Crippen LogP contribution in [0.25, 0.3) is 0 Å². The van der Waals surface area contributed by atoms with Crippen molar-refractivity contribution in [2.75, 3.05) is 11.4 Å². The lowest BCUT2D eigenvalue weighted by Gasteiger charge is -2.32. The Morgan fingerprint density at radius 2 is 1.63 bits per heavy atom. The van der Waals surface area contributed by atoms with Crippen LogP contribution in [0.15, 0.2) is 66.0 Å². The molecule has 3 amide bonds. The number of anilines is 1. The van der Waals surface area contributed by atoms with Gasteiger partial charge in [0.15, 0.2) is 0 Å². The summed E-state index contributed by atoms with van der Waals surface area (Å²) in [5, 5.41) is 7.15. The fraction of sp³-hybridized carbons (Fsp3) is 0.269. The zero-order chi connectivity index (χ0) is 24.8. The van der Waals surface area contributed by atoms with E-state index >= 15 is 0 Å². The number of carbonyl (C=O) groups excluding carboxylic acids is 3. The molecule has 1 saturated carbocycles. The molecule has 4 rings (SSSR count). The molecule has 1 aliphatic carbocycles. The highest BCUT2D eigenvalue weighted by atomic mass is 32.1. The molecule has 1 atom stereocenters. The van der Waals surface area contributed by atoms with Gasteiger partial charge in [0.05, 0.1) is 17.1 Å². The topological polar surface area (TPSA) is 78.5 Å². The van der Waals surface area contributed by atoms with E-state index in [4.69, 9.17) is 0 Å². The predicted octanol–water partition coefficient (Wildman–Crippen LogP) is 4.59. The van der Waals surface area contributed by atoms with Gasteiger partial charge >= 0.3 is 0 Å². The van der Waals surface area contributed by atoms with Crippen molar-refractivity contribution in [3.8, 4) is 0 Å². The summed E-state index contributed by atoms with van der Waals surface area (Å²) >= 11 is 1.21. The lowest BCUT2D eigenvalue weighted by Crippen LogP contribution is -2.49. The van der Waals surface area contributed by atoms with E-state index in [0.717, 1.165) is 36.6 Å². The van der Waals surface area contributed by atoms with Crippen LogP contribution >= 0.6 is 11.3 Å². The Balaban J connectivity index is 1.71. The first-order chi connectivity index (χ1) is 17.0. The van der Waals surface area contributed by atoms with E-state index in [-0.39, 0.29) is 17.3 Å². The van der Waals surface area contributed by atoms with Crippen molar-refractivity contribution in [2.24, 2.45) is 0 Å². The first kappa shape index (κ1) is 24.5. The molecule has 1 aliphatic rings. The van der Waals surface area contributed by atoms with E-state index in [0.29, 0.717) is 4.88 Å². The number of rotatable bonds is 8. The maximum absolute atomic E-state index is 15.0. The van der Waals surface area contributed by atoms with Crippen molar-refractivity contribution in [1.82, 2.24) is 10.6 Å². The summed E-state index contributed by atoms with van der Waals surface area (Å²) in [4.78, 5) is 40.8. The maximum atomic E-state index is 15.0. The summed E-state index contributed by atoms with van der Waals surface area (Å²) < 4.78 is 29.9. The Hall–Kier alpha value is -3.59. The van der Waals surface area contributed by atoms with Crippen molar-refractivity contribution in [3.63, 3.8) is 0 Å². The number of halogens is 2. The average Bonchev–Trinajstić information content (AvgIpc) is 3.57. The summed E-state index contributed by atoms with van der Waals surface area (Å²) in [6.45, 7) is -0.507. The van der Waals surface area contributed by atoms with Gasteiger partial charge in [-0.2, -0.15) is 0 Å².